The van der Waals surface area contributed by atoms with Crippen LogP contribution >= 0.6 is 11.6 Å². The summed E-state index contributed by atoms with van der Waals surface area (Å²) in [5.41, 5.74) is 3.92. The lowest BCUT2D eigenvalue weighted by atomic mass is 10.2. The van der Waals surface area contributed by atoms with Crippen LogP contribution in [-0.4, -0.2) is 10.9 Å². The second kappa shape index (κ2) is 7.68. The second-order valence-corrected chi connectivity index (χ2v) is 6.10. The number of pyridine rings is 1. The van der Waals surface area contributed by atoms with E-state index in [0.29, 0.717) is 22.0 Å². The van der Waals surface area contributed by atoms with Crippen molar-refractivity contribution in [2.45, 2.75) is 6.92 Å². The van der Waals surface area contributed by atoms with Gasteiger partial charge in [0, 0.05) is 16.4 Å². The van der Waals surface area contributed by atoms with E-state index in [2.05, 4.69) is 21.7 Å². The van der Waals surface area contributed by atoms with Crippen LogP contribution in [0.25, 0.3) is 0 Å². The van der Waals surface area contributed by atoms with Crippen LogP contribution in [0.2, 0.25) is 5.02 Å². The van der Waals surface area contributed by atoms with Crippen LogP contribution in [0.5, 0.6) is 0 Å². The highest BCUT2D eigenvalue weighted by Gasteiger charge is 2.10. The third kappa shape index (κ3) is 4.18. The molecule has 5 nitrogen and oxygen atoms in total. The van der Waals surface area contributed by atoms with Gasteiger partial charge in [-0.1, -0.05) is 23.7 Å². The highest BCUT2D eigenvalue weighted by molar-refractivity contribution is 6.31. The third-order valence-corrected chi connectivity index (χ3v) is 3.96. The minimum atomic E-state index is -0.312. The van der Waals surface area contributed by atoms with Crippen molar-refractivity contribution in [3.05, 3.63) is 82.6 Å². The van der Waals surface area contributed by atoms with Crippen molar-refractivity contribution in [1.82, 2.24) is 4.98 Å². The number of aromatic nitrogens is 1. The Morgan fingerprint density at radius 3 is 2.69 bits per heavy atom. The van der Waals surface area contributed by atoms with Crippen LogP contribution in [-0.2, 0) is 0 Å². The van der Waals surface area contributed by atoms with Gasteiger partial charge in [0.2, 0.25) is 0 Å². The van der Waals surface area contributed by atoms with Crippen molar-refractivity contribution in [2.24, 2.45) is 0 Å². The number of hydrogen-bond acceptors (Lipinski definition) is 4. The number of rotatable bonds is 4. The van der Waals surface area contributed by atoms with E-state index in [1.165, 1.54) is 0 Å². The first-order valence-electron chi connectivity index (χ1n) is 7.86. The number of nitrogens with one attached hydrogen (secondary N) is 2. The normalized spacial score (nSPS) is 10.0. The zero-order chi connectivity index (χ0) is 18.5. The van der Waals surface area contributed by atoms with Crippen LogP contribution in [0, 0.1) is 18.3 Å². The fraction of sp³-hybridized carbons (Fsp3) is 0.0500. The molecule has 0 bridgehead atoms. The van der Waals surface area contributed by atoms with Crippen LogP contribution in [0.3, 0.4) is 0 Å². The molecule has 0 spiro atoms. The van der Waals surface area contributed by atoms with Gasteiger partial charge < -0.3 is 10.6 Å². The van der Waals surface area contributed by atoms with E-state index in [1.807, 2.05) is 19.1 Å². The minimum Gasteiger partial charge on any atom is -0.354 e. The van der Waals surface area contributed by atoms with E-state index < -0.39 is 0 Å². The molecule has 3 rings (SSSR count). The Balaban J connectivity index is 1.71. The molecule has 2 N–H and O–H groups in total. The van der Waals surface area contributed by atoms with E-state index in [9.17, 15) is 4.79 Å². The highest BCUT2D eigenvalue weighted by atomic mass is 35.5. The SMILES string of the molecule is Cc1ccc(Cl)cc1NC(=O)c1ccc(Nc2cccc(C#N)c2)cn1. The summed E-state index contributed by atoms with van der Waals surface area (Å²) in [5, 5.41) is 15.5. The van der Waals surface area contributed by atoms with Gasteiger partial charge in [-0.05, 0) is 55.0 Å². The molecule has 0 aliphatic rings. The predicted octanol–water partition coefficient (Wildman–Crippen LogP) is 4.91. The van der Waals surface area contributed by atoms with E-state index in [1.54, 1.807) is 48.7 Å². The topological polar surface area (TPSA) is 77.8 Å². The maximum Gasteiger partial charge on any atom is 0.274 e. The van der Waals surface area contributed by atoms with Crippen molar-refractivity contribution >= 4 is 34.6 Å². The molecule has 1 amide bonds. The van der Waals surface area contributed by atoms with E-state index in [0.717, 1.165) is 16.9 Å². The van der Waals surface area contributed by atoms with Gasteiger partial charge in [-0.25, -0.2) is 4.98 Å². The van der Waals surface area contributed by atoms with Gasteiger partial charge in [-0.15, -0.1) is 0 Å². The lowest BCUT2D eigenvalue weighted by molar-refractivity contribution is 0.102. The van der Waals surface area contributed by atoms with Crippen LogP contribution in [0.1, 0.15) is 21.6 Å². The summed E-state index contributed by atoms with van der Waals surface area (Å²) in [6.07, 6.45) is 1.57. The molecule has 0 atom stereocenters. The number of amides is 1. The molecule has 1 aromatic heterocycles. The third-order valence-electron chi connectivity index (χ3n) is 3.72. The summed E-state index contributed by atoms with van der Waals surface area (Å²) in [6, 6.07) is 17.9. The molecule has 1 heterocycles. The summed E-state index contributed by atoms with van der Waals surface area (Å²) in [5.74, 6) is -0.312. The number of nitrogens with zero attached hydrogens (tertiary/aromatic N) is 2. The average molecular weight is 363 g/mol. The molecule has 0 saturated carbocycles. The lowest BCUT2D eigenvalue weighted by Gasteiger charge is -2.10. The first-order chi connectivity index (χ1) is 12.5. The zero-order valence-corrected chi connectivity index (χ0v) is 14.7. The number of anilines is 3. The van der Waals surface area contributed by atoms with Crippen LogP contribution in [0.15, 0.2) is 60.8 Å². The van der Waals surface area contributed by atoms with E-state index in [-0.39, 0.29) is 5.91 Å². The fourth-order valence-electron chi connectivity index (χ4n) is 2.35. The molecule has 3 aromatic rings. The van der Waals surface area contributed by atoms with Crippen molar-refractivity contribution in [1.29, 1.82) is 5.26 Å². The Kier molecular flexibility index (Phi) is 5.16. The number of halogens is 1. The molecule has 0 unspecified atom stereocenters. The van der Waals surface area contributed by atoms with Gasteiger partial charge in [-0.2, -0.15) is 5.26 Å². The summed E-state index contributed by atoms with van der Waals surface area (Å²) in [4.78, 5) is 16.6. The maximum absolute atomic E-state index is 12.4. The van der Waals surface area contributed by atoms with E-state index >= 15 is 0 Å². The number of carbonyl (C=O) groups is 1. The monoisotopic (exact) mass is 362 g/mol. The molecular formula is C20H15ClN4O. The molecule has 6 heteroatoms. The molecule has 26 heavy (non-hydrogen) atoms. The number of benzene rings is 2. The van der Waals surface area contributed by atoms with Gasteiger partial charge >= 0.3 is 0 Å². The largest absolute Gasteiger partial charge is 0.354 e. The Labute approximate surface area is 156 Å². The Morgan fingerprint density at radius 2 is 1.96 bits per heavy atom. The molecule has 0 fully saturated rings. The van der Waals surface area contributed by atoms with Gasteiger partial charge in [0.25, 0.3) is 5.91 Å². The number of aryl methyl sites for hydroxylation is 1. The molecule has 0 aliphatic carbocycles. The van der Waals surface area contributed by atoms with Gasteiger partial charge in [0.1, 0.15) is 5.69 Å². The standard InChI is InChI=1S/C20H15ClN4O/c1-13-5-6-15(21)10-19(13)25-20(26)18-8-7-17(12-23-18)24-16-4-2-3-14(9-16)11-22/h2-10,12,24H,1H3,(H,25,26). The molecule has 2 aromatic carbocycles. The summed E-state index contributed by atoms with van der Waals surface area (Å²) in [7, 11) is 0. The summed E-state index contributed by atoms with van der Waals surface area (Å²) >= 11 is 5.97. The van der Waals surface area contributed by atoms with E-state index in [4.69, 9.17) is 16.9 Å². The van der Waals surface area contributed by atoms with Gasteiger partial charge in [-0.3, -0.25) is 4.79 Å². The maximum atomic E-state index is 12.4. The Morgan fingerprint density at radius 1 is 1.12 bits per heavy atom. The van der Waals surface area contributed by atoms with Crippen molar-refractivity contribution < 1.29 is 4.79 Å². The summed E-state index contributed by atoms with van der Waals surface area (Å²) < 4.78 is 0. The molecule has 0 aliphatic heterocycles. The van der Waals surface area contributed by atoms with Crippen LogP contribution < -0.4 is 10.6 Å². The second-order valence-electron chi connectivity index (χ2n) is 5.66. The quantitative estimate of drug-likeness (QED) is 0.691. The van der Waals surface area contributed by atoms with Crippen LogP contribution in [0.4, 0.5) is 17.1 Å². The average Bonchev–Trinajstić information content (AvgIpc) is 2.65. The van der Waals surface area contributed by atoms with Crippen molar-refractivity contribution in [3.8, 4) is 6.07 Å². The number of hydrogen-bond donors (Lipinski definition) is 2. The smallest absolute Gasteiger partial charge is 0.274 e. The summed E-state index contributed by atoms with van der Waals surface area (Å²) in [6.45, 7) is 1.89. The predicted molar refractivity (Wildman–Crippen MR) is 103 cm³/mol. The Bertz CT molecular complexity index is 993. The lowest BCUT2D eigenvalue weighted by Crippen LogP contribution is -2.14. The van der Waals surface area contributed by atoms with Crippen molar-refractivity contribution in [2.75, 3.05) is 10.6 Å². The van der Waals surface area contributed by atoms with Crippen molar-refractivity contribution in [3.63, 3.8) is 0 Å². The number of carbonyl (C=O) groups excluding carboxylic acids is 1. The molecule has 0 saturated heterocycles. The Hall–Kier alpha value is -3.36. The highest BCUT2D eigenvalue weighted by Crippen LogP contribution is 2.21. The van der Waals surface area contributed by atoms with Gasteiger partial charge in [0.05, 0.1) is 23.5 Å². The zero-order valence-electron chi connectivity index (χ0n) is 14.0. The molecule has 128 valence electrons. The first-order valence-corrected chi connectivity index (χ1v) is 8.24. The minimum absolute atomic E-state index is 0.292. The molecular weight excluding hydrogens is 348 g/mol. The fourth-order valence-corrected chi connectivity index (χ4v) is 2.52. The van der Waals surface area contributed by atoms with Gasteiger partial charge in [0.15, 0.2) is 0 Å². The molecule has 0 radical (unpaired) electrons. The number of nitriles is 1. The first kappa shape index (κ1) is 17.5.